The first-order valence-electron chi connectivity index (χ1n) is 5.54. The predicted molar refractivity (Wildman–Crippen MR) is 72.7 cm³/mol. The van der Waals surface area contributed by atoms with Gasteiger partial charge in [0, 0.05) is 16.9 Å². The van der Waals surface area contributed by atoms with Gasteiger partial charge in [-0.15, -0.1) is 0 Å². The molecule has 0 unspecified atom stereocenters. The van der Waals surface area contributed by atoms with Crippen molar-refractivity contribution in [2.45, 2.75) is 6.92 Å². The predicted octanol–water partition coefficient (Wildman–Crippen LogP) is 2.70. The van der Waals surface area contributed by atoms with Crippen molar-refractivity contribution in [3.05, 3.63) is 46.7 Å². The molecule has 5 nitrogen and oxygen atoms in total. The van der Waals surface area contributed by atoms with Crippen molar-refractivity contribution in [3.63, 3.8) is 0 Å². The number of aryl methyl sites for hydroxylation is 1. The molecule has 0 bridgehead atoms. The van der Waals surface area contributed by atoms with Gasteiger partial charge in [0.15, 0.2) is 0 Å². The molecule has 2 rings (SSSR count). The van der Waals surface area contributed by atoms with Gasteiger partial charge < -0.3 is 10.1 Å². The van der Waals surface area contributed by atoms with Crippen LogP contribution in [0.2, 0.25) is 5.02 Å². The van der Waals surface area contributed by atoms with E-state index >= 15 is 0 Å². The van der Waals surface area contributed by atoms with E-state index in [-0.39, 0.29) is 11.9 Å². The molecule has 2 aromatic rings. The summed E-state index contributed by atoms with van der Waals surface area (Å²) in [6.45, 7) is 1.72. The van der Waals surface area contributed by atoms with Crippen LogP contribution in [0.3, 0.4) is 0 Å². The van der Waals surface area contributed by atoms with Gasteiger partial charge in [0.25, 0.3) is 5.91 Å². The third-order valence-corrected chi connectivity index (χ3v) is 2.70. The van der Waals surface area contributed by atoms with Crippen molar-refractivity contribution in [3.8, 4) is 6.01 Å². The van der Waals surface area contributed by atoms with Crippen molar-refractivity contribution in [2.75, 3.05) is 12.4 Å². The summed E-state index contributed by atoms with van der Waals surface area (Å²) in [5, 5.41) is 3.29. The summed E-state index contributed by atoms with van der Waals surface area (Å²) in [5.74, 6) is -0.289. The van der Waals surface area contributed by atoms with Gasteiger partial charge in [-0.1, -0.05) is 17.7 Å². The zero-order valence-electron chi connectivity index (χ0n) is 10.5. The van der Waals surface area contributed by atoms with Gasteiger partial charge >= 0.3 is 6.01 Å². The molecule has 98 valence electrons. The fourth-order valence-corrected chi connectivity index (χ4v) is 1.72. The lowest BCUT2D eigenvalue weighted by atomic mass is 10.2. The lowest BCUT2D eigenvalue weighted by Gasteiger charge is -2.07. The van der Waals surface area contributed by atoms with Crippen LogP contribution < -0.4 is 10.1 Å². The second kappa shape index (κ2) is 5.67. The van der Waals surface area contributed by atoms with E-state index in [9.17, 15) is 4.79 Å². The number of carbonyl (C=O) groups excluding carboxylic acids is 1. The number of rotatable bonds is 3. The maximum atomic E-state index is 12.1. The van der Waals surface area contributed by atoms with E-state index in [4.69, 9.17) is 16.3 Å². The molecule has 1 N–H and O–H groups in total. The van der Waals surface area contributed by atoms with Crippen LogP contribution in [0.25, 0.3) is 0 Å². The lowest BCUT2D eigenvalue weighted by molar-refractivity contribution is 0.102. The fourth-order valence-electron chi connectivity index (χ4n) is 1.53. The fraction of sp³-hybridized carbons (Fsp3) is 0.154. The number of anilines is 1. The third kappa shape index (κ3) is 3.20. The molecule has 0 aliphatic heterocycles. The Hall–Kier alpha value is -2.14. The smallest absolute Gasteiger partial charge is 0.316 e. The number of halogens is 1. The molecule has 1 heterocycles. The van der Waals surface area contributed by atoms with Crippen molar-refractivity contribution < 1.29 is 9.53 Å². The van der Waals surface area contributed by atoms with Gasteiger partial charge in [-0.3, -0.25) is 4.79 Å². The van der Waals surface area contributed by atoms with Crippen LogP contribution in [0.1, 0.15) is 16.1 Å². The topological polar surface area (TPSA) is 64.1 Å². The summed E-state index contributed by atoms with van der Waals surface area (Å²) in [6, 6.07) is 7.15. The van der Waals surface area contributed by atoms with E-state index in [1.54, 1.807) is 31.2 Å². The van der Waals surface area contributed by atoms with Gasteiger partial charge in [0.1, 0.15) is 0 Å². The first-order valence-corrected chi connectivity index (χ1v) is 5.92. The molecular weight excluding hydrogens is 266 g/mol. The van der Waals surface area contributed by atoms with Crippen LogP contribution in [0.15, 0.2) is 30.5 Å². The summed E-state index contributed by atoms with van der Waals surface area (Å²) >= 11 is 5.85. The normalized spacial score (nSPS) is 10.1. The Bertz CT molecular complexity index is 617. The Labute approximate surface area is 115 Å². The summed E-state index contributed by atoms with van der Waals surface area (Å²) in [7, 11) is 1.47. The van der Waals surface area contributed by atoms with E-state index in [2.05, 4.69) is 15.3 Å². The van der Waals surface area contributed by atoms with Crippen LogP contribution in [-0.2, 0) is 0 Å². The van der Waals surface area contributed by atoms with E-state index in [1.807, 2.05) is 0 Å². The highest BCUT2D eigenvalue weighted by atomic mass is 35.5. The van der Waals surface area contributed by atoms with Gasteiger partial charge in [-0.2, -0.15) is 4.98 Å². The number of hydrogen-bond donors (Lipinski definition) is 1. The minimum atomic E-state index is -0.289. The summed E-state index contributed by atoms with van der Waals surface area (Å²) in [5.41, 5.74) is 1.56. The molecule has 1 aromatic carbocycles. The van der Waals surface area contributed by atoms with Gasteiger partial charge in [-0.05, 0) is 25.1 Å². The van der Waals surface area contributed by atoms with Gasteiger partial charge in [0.2, 0.25) is 0 Å². The Kier molecular flexibility index (Phi) is 3.97. The van der Waals surface area contributed by atoms with E-state index in [1.165, 1.54) is 13.3 Å². The maximum absolute atomic E-state index is 12.1. The molecule has 0 saturated heterocycles. The molecule has 0 radical (unpaired) electrons. The maximum Gasteiger partial charge on any atom is 0.316 e. The summed E-state index contributed by atoms with van der Waals surface area (Å²) in [4.78, 5) is 20.0. The highest BCUT2D eigenvalue weighted by molar-refractivity contribution is 6.30. The number of nitrogens with zero attached hydrogens (tertiary/aromatic N) is 2. The Morgan fingerprint density at radius 2 is 2.21 bits per heavy atom. The molecule has 6 heteroatoms. The van der Waals surface area contributed by atoms with Crippen LogP contribution in [0.4, 0.5) is 5.69 Å². The summed E-state index contributed by atoms with van der Waals surface area (Å²) < 4.78 is 4.89. The first kappa shape index (κ1) is 13.3. The Morgan fingerprint density at radius 3 is 2.84 bits per heavy atom. The number of nitrogens with one attached hydrogen (secondary N) is 1. The second-order valence-electron chi connectivity index (χ2n) is 3.82. The second-order valence-corrected chi connectivity index (χ2v) is 4.26. The molecule has 1 aromatic heterocycles. The molecule has 0 aliphatic carbocycles. The molecule has 0 spiro atoms. The molecule has 0 atom stereocenters. The number of methoxy groups -OCH3 is 1. The summed E-state index contributed by atoms with van der Waals surface area (Å²) in [6.07, 6.45) is 1.43. The quantitative estimate of drug-likeness (QED) is 0.937. The highest BCUT2D eigenvalue weighted by Gasteiger charge is 2.12. The van der Waals surface area contributed by atoms with Crippen molar-refractivity contribution in [1.29, 1.82) is 0 Å². The van der Waals surface area contributed by atoms with Gasteiger partial charge in [-0.25, -0.2) is 4.98 Å². The number of carbonyl (C=O) groups is 1. The molecular formula is C13H12ClN3O2. The highest BCUT2D eigenvalue weighted by Crippen LogP contribution is 2.16. The van der Waals surface area contributed by atoms with E-state index in [0.717, 1.165) is 0 Å². The first-order chi connectivity index (χ1) is 9.10. The molecule has 19 heavy (non-hydrogen) atoms. The van der Waals surface area contributed by atoms with E-state index < -0.39 is 0 Å². The monoisotopic (exact) mass is 277 g/mol. The van der Waals surface area contributed by atoms with Crippen molar-refractivity contribution in [1.82, 2.24) is 9.97 Å². The lowest BCUT2D eigenvalue weighted by Crippen LogP contribution is -2.15. The van der Waals surface area contributed by atoms with Gasteiger partial charge in [0.05, 0.1) is 18.4 Å². The third-order valence-electron chi connectivity index (χ3n) is 2.47. The molecule has 0 saturated carbocycles. The number of amides is 1. The van der Waals surface area contributed by atoms with Crippen molar-refractivity contribution >= 4 is 23.2 Å². The minimum Gasteiger partial charge on any atom is -0.467 e. The van der Waals surface area contributed by atoms with Crippen molar-refractivity contribution in [2.24, 2.45) is 0 Å². The van der Waals surface area contributed by atoms with Crippen LogP contribution in [0, 0.1) is 6.92 Å². The number of ether oxygens (including phenoxy) is 1. The van der Waals surface area contributed by atoms with Crippen LogP contribution in [-0.4, -0.2) is 23.0 Å². The standard InChI is InChI=1S/C13H12ClN3O2/c1-8-11(7-15-13(16-8)19-2)12(18)17-10-5-3-4-9(14)6-10/h3-7H,1-2H3,(H,17,18). The Morgan fingerprint density at radius 1 is 1.42 bits per heavy atom. The van der Waals surface area contributed by atoms with E-state index in [0.29, 0.717) is 22.0 Å². The zero-order valence-corrected chi connectivity index (χ0v) is 11.2. The number of hydrogen-bond acceptors (Lipinski definition) is 4. The molecule has 0 aliphatic rings. The van der Waals surface area contributed by atoms with Crippen LogP contribution in [0.5, 0.6) is 6.01 Å². The number of benzene rings is 1. The molecule has 0 fully saturated rings. The average Bonchev–Trinajstić information content (AvgIpc) is 2.38. The average molecular weight is 278 g/mol. The largest absolute Gasteiger partial charge is 0.467 e. The number of aromatic nitrogens is 2. The Balaban J connectivity index is 2.20. The van der Waals surface area contributed by atoms with Crippen LogP contribution >= 0.6 is 11.6 Å². The minimum absolute atomic E-state index is 0.233. The molecule has 1 amide bonds. The zero-order chi connectivity index (χ0) is 13.8. The SMILES string of the molecule is COc1ncc(C(=O)Nc2cccc(Cl)c2)c(C)n1.